The quantitative estimate of drug-likeness (QED) is 0.210. The Morgan fingerprint density at radius 1 is 1.02 bits per heavy atom. The minimum atomic E-state index is -0.361. The number of amides is 3. The number of para-hydroxylation sites is 1. The van der Waals surface area contributed by atoms with E-state index in [0.29, 0.717) is 31.4 Å². The topological polar surface area (TPSA) is 150 Å². The van der Waals surface area contributed by atoms with E-state index in [-0.39, 0.29) is 49.1 Å². The number of nitrogens with two attached hydrogens (primary N) is 1. The van der Waals surface area contributed by atoms with E-state index in [1.54, 1.807) is 7.05 Å². The Morgan fingerprint density at radius 3 is 2.45 bits per heavy atom. The summed E-state index contributed by atoms with van der Waals surface area (Å²) in [5, 5.41) is 15.7. The van der Waals surface area contributed by atoms with Crippen LogP contribution in [0.4, 0.5) is 0 Å². The van der Waals surface area contributed by atoms with Gasteiger partial charge in [0.1, 0.15) is 18.2 Å². The van der Waals surface area contributed by atoms with Gasteiger partial charge in [-0.25, -0.2) is 0 Å². The predicted molar refractivity (Wildman–Crippen MR) is 163 cm³/mol. The van der Waals surface area contributed by atoms with Crippen LogP contribution >= 0.6 is 0 Å². The SMILES string of the molecule is CN1CC(=O)NCC(=O)NCC#Cc2ccccc2OCCNCC(C2CCCC2)C1=O.Cc1ccc(C(=N)N)cc1. The van der Waals surface area contributed by atoms with Crippen molar-refractivity contribution in [2.45, 2.75) is 32.6 Å². The number of benzene rings is 2. The van der Waals surface area contributed by atoms with Crippen LogP contribution in [0, 0.1) is 36.0 Å². The second kappa shape index (κ2) is 16.8. The molecule has 1 saturated carbocycles. The number of amidine groups is 1. The molecule has 0 spiro atoms. The molecule has 10 heteroatoms. The van der Waals surface area contributed by atoms with Gasteiger partial charge in [0.05, 0.1) is 31.1 Å². The number of nitrogens with one attached hydrogen (secondary N) is 4. The number of ether oxygens (including phenoxy) is 1. The summed E-state index contributed by atoms with van der Waals surface area (Å²) in [6.07, 6.45) is 4.32. The van der Waals surface area contributed by atoms with E-state index in [2.05, 4.69) is 27.8 Å². The van der Waals surface area contributed by atoms with Gasteiger partial charge >= 0.3 is 0 Å². The number of hydrogen-bond donors (Lipinski definition) is 5. The van der Waals surface area contributed by atoms with Gasteiger partial charge in [0.15, 0.2) is 0 Å². The molecule has 1 heterocycles. The maximum atomic E-state index is 13.1. The van der Waals surface area contributed by atoms with Crippen LogP contribution < -0.4 is 26.4 Å². The van der Waals surface area contributed by atoms with Crippen molar-refractivity contribution in [2.24, 2.45) is 17.6 Å². The van der Waals surface area contributed by atoms with Gasteiger partial charge in [-0.2, -0.15) is 0 Å². The van der Waals surface area contributed by atoms with Gasteiger partial charge in [-0.05, 0) is 37.8 Å². The minimum Gasteiger partial charge on any atom is -0.491 e. The standard InChI is InChI=1S/C24H32N4O4.C8H10N2/c1-28-17-23(30)27-16-22(29)26-12-6-10-19-9-4-5-11-21(19)32-14-13-25-15-20(24(28)31)18-7-2-3-8-18;1-6-2-4-7(5-3-6)8(9)10/h4-5,9,11,18,20,25H,2-3,7-8,12-17H2,1H3,(H,26,29)(H,27,30);2-5H,1H3,(H3,9,10). The van der Waals surface area contributed by atoms with E-state index in [1.807, 2.05) is 55.5 Å². The number of nitrogens with zero attached hydrogens (tertiary/aromatic N) is 1. The van der Waals surface area contributed by atoms with Crippen molar-refractivity contribution in [2.75, 3.05) is 46.4 Å². The van der Waals surface area contributed by atoms with Crippen molar-refractivity contribution in [1.82, 2.24) is 20.9 Å². The zero-order chi connectivity index (χ0) is 30.3. The van der Waals surface area contributed by atoms with Crippen molar-refractivity contribution in [3.63, 3.8) is 0 Å². The molecule has 0 radical (unpaired) electrons. The third kappa shape index (κ3) is 10.6. The summed E-state index contributed by atoms with van der Waals surface area (Å²) >= 11 is 0. The molecule has 0 bridgehead atoms. The molecule has 6 N–H and O–H groups in total. The van der Waals surface area contributed by atoms with Gasteiger partial charge in [-0.15, -0.1) is 0 Å². The largest absolute Gasteiger partial charge is 0.491 e. The number of carbonyl (C=O) groups is 3. The van der Waals surface area contributed by atoms with Crippen molar-refractivity contribution in [3.8, 4) is 17.6 Å². The fourth-order valence-electron chi connectivity index (χ4n) is 4.89. The molecular formula is C32H42N6O4. The summed E-state index contributed by atoms with van der Waals surface area (Å²) in [6, 6.07) is 15.1. The zero-order valence-corrected chi connectivity index (χ0v) is 24.5. The Bertz CT molecular complexity index is 1280. The fourth-order valence-corrected chi connectivity index (χ4v) is 4.89. The third-order valence-electron chi connectivity index (χ3n) is 7.24. The molecule has 3 amide bonds. The van der Waals surface area contributed by atoms with Gasteiger partial charge in [0.25, 0.3) is 0 Å². The van der Waals surface area contributed by atoms with Crippen molar-refractivity contribution in [3.05, 3.63) is 65.2 Å². The molecule has 2 aromatic rings. The maximum Gasteiger partial charge on any atom is 0.240 e. The summed E-state index contributed by atoms with van der Waals surface area (Å²) in [6.45, 7) is 3.51. The smallest absolute Gasteiger partial charge is 0.240 e. The lowest BCUT2D eigenvalue weighted by Gasteiger charge is -2.28. The van der Waals surface area contributed by atoms with Crippen LogP contribution in [0.5, 0.6) is 5.75 Å². The molecule has 224 valence electrons. The first-order chi connectivity index (χ1) is 20.2. The van der Waals surface area contributed by atoms with E-state index >= 15 is 0 Å². The van der Waals surface area contributed by atoms with Gasteiger partial charge in [-0.3, -0.25) is 19.8 Å². The highest BCUT2D eigenvalue weighted by Crippen LogP contribution is 2.32. The van der Waals surface area contributed by atoms with Gasteiger partial charge in [0, 0.05) is 25.7 Å². The molecule has 0 aromatic heterocycles. The first kappa shape index (κ1) is 32.2. The normalized spacial score (nSPS) is 19.1. The van der Waals surface area contributed by atoms with Crippen LogP contribution in [-0.2, 0) is 14.4 Å². The molecule has 1 atom stereocenters. The molecule has 10 nitrogen and oxygen atoms in total. The molecule has 2 aromatic carbocycles. The second-order valence-electron chi connectivity index (χ2n) is 10.5. The average molecular weight is 575 g/mol. The Morgan fingerprint density at radius 2 is 1.74 bits per heavy atom. The maximum absolute atomic E-state index is 13.1. The third-order valence-corrected chi connectivity index (χ3v) is 7.24. The second-order valence-corrected chi connectivity index (χ2v) is 10.5. The Kier molecular flexibility index (Phi) is 12.9. The molecule has 42 heavy (non-hydrogen) atoms. The van der Waals surface area contributed by atoms with Crippen LogP contribution in [0.1, 0.15) is 42.4 Å². The lowest BCUT2D eigenvalue weighted by molar-refractivity contribution is -0.139. The number of fused-ring (bicyclic) bond motifs is 1. The zero-order valence-electron chi connectivity index (χ0n) is 24.5. The molecule has 1 fully saturated rings. The van der Waals surface area contributed by atoms with Gasteiger partial charge < -0.3 is 31.3 Å². The Labute approximate surface area is 248 Å². The molecule has 1 unspecified atom stereocenters. The first-order valence-corrected chi connectivity index (χ1v) is 14.4. The van der Waals surface area contributed by atoms with Crippen LogP contribution in [0.25, 0.3) is 0 Å². The Balaban J connectivity index is 0.000000408. The predicted octanol–water partition coefficient (Wildman–Crippen LogP) is 1.80. The number of aryl methyl sites for hydroxylation is 1. The highest BCUT2D eigenvalue weighted by atomic mass is 16.5. The lowest BCUT2D eigenvalue weighted by Crippen LogP contribution is -2.47. The summed E-state index contributed by atoms with van der Waals surface area (Å²) in [5.74, 6) is 6.12. The van der Waals surface area contributed by atoms with Crippen molar-refractivity contribution in [1.29, 1.82) is 5.41 Å². The van der Waals surface area contributed by atoms with E-state index in [0.717, 1.165) is 36.8 Å². The minimum absolute atomic E-state index is 0.0402. The monoisotopic (exact) mass is 574 g/mol. The van der Waals surface area contributed by atoms with Gasteiger partial charge in [0.2, 0.25) is 17.7 Å². The highest BCUT2D eigenvalue weighted by Gasteiger charge is 2.32. The first-order valence-electron chi connectivity index (χ1n) is 14.4. The van der Waals surface area contributed by atoms with E-state index in [1.165, 1.54) is 10.5 Å². The number of hydrogen-bond acceptors (Lipinski definition) is 6. The summed E-state index contributed by atoms with van der Waals surface area (Å²) in [7, 11) is 1.64. The van der Waals surface area contributed by atoms with Crippen molar-refractivity contribution < 1.29 is 19.1 Å². The molecule has 1 aliphatic carbocycles. The van der Waals surface area contributed by atoms with E-state index in [9.17, 15) is 14.4 Å². The fraction of sp³-hybridized carbons (Fsp3) is 0.438. The molecule has 2 aliphatic rings. The molecule has 1 aliphatic heterocycles. The van der Waals surface area contributed by atoms with Crippen LogP contribution in [0.15, 0.2) is 48.5 Å². The summed E-state index contributed by atoms with van der Waals surface area (Å²) < 4.78 is 5.89. The molecule has 4 rings (SSSR count). The van der Waals surface area contributed by atoms with Crippen LogP contribution in [0.3, 0.4) is 0 Å². The summed E-state index contributed by atoms with van der Waals surface area (Å²) in [4.78, 5) is 38.8. The average Bonchev–Trinajstić information content (AvgIpc) is 3.51. The summed E-state index contributed by atoms with van der Waals surface area (Å²) in [5.41, 5.74) is 7.96. The lowest BCUT2D eigenvalue weighted by atomic mass is 9.89. The van der Waals surface area contributed by atoms with Crippen molar-refractivity contribution >= 4 is 23.6 Å². The van der Waals surface area contributed by atoms with Crippen LogP contribution in [-0.4, -0.2) is 74.8 Å². The molecular weight excluding hydrogens is 532 g/mol. The van der Waals surface area contributed by atoms with Crippen LogP contribution in [0.2, 0.25) is 0 Å². The number of carbonyl (C=O) groups excluding carboxylic acids is 3. The van der Waals surface area contributed by atoms with Gasteiger partial charge in [-0.1, -0.05) is 66.6 Å². The van der Waals surface area contributed by atoms with E-state index < -0.39 is 0 Å². The number of nitrogen functional groups attached to an aromatic ring is 1. The number of rotatable bonds is 2. The molecule has 0 saturated heterocycles. The number of likely N-dealkylation sites (N-methyl/N-ethyl adjacent to an activating group) is 1. The van der Waals surface area contributed by atoms with E-state index in [4.69, 9.17) is 15.9 Å². The highest BCUT2D eigenvalue weighted by molar-refractivity contribution is 5.94. The Hall–Kier alpha value is -4.36.